The van der Waals surface area contributed by atoms with Gasteiger partial charge in [0.1, 0.15) is 6.04 Å². The molecule has 112 valence electrons. The quantitative estimate of drug-likeness (QED) is 0.854. The van der Waals surface area contributed by atoms with Crippen molar-refractivity contribution in [2.45, 2.75) is 12.6 Å². The van der Waals surface area contributed by atoms with Gasteiger partial charge >= 0.3 is 0 Å². The number of ether oxygens (including phenoxy) is 1. The molecule has 1 heterocycles. The Hall–Kier alpha value is -1.69. The molecule has 0 unspecified atom stereocenters. The zero-order chi connectivity index (χ0) is 15.1. The van der Waals surface area contributed by atoms with E-state index in [1.807, 2.05) is 47.8 Å². The summed E-state index contributed by atoms with van der Waals surface area (Å²) in [6, 6.07) is 12.8. The molecule has 0 saturated heterocycles. The number of hydrogen-bond donors (Lipinski definition) is 1. The van der Waals surface area contributed by atoms with E-state index >= 15 is 0 Å². The molecule has 0 aliphatic heterocycles. The Morgan fingerprint density at radius 1 is 1.29 bits per heavy atom. The number of thiophene rings is 1. The summed E-state index contributed by atoms with van der Waals surface area (Å²) < 4.78 is 5.10. The number of nitrogens with zero attached hydrogens (tertiary/aromatic N) is 1. The van der Waals surface area contributed by atoms with Gasteiger partial charge in [-0.2, -0.15) is 0 Å². The lowest BCUT2D eigenvalue weighted by Gasteiger charge is -2.25. The van der Waals surface area contributed by atoms with Crippen molar-refractivity contribution in [2.24, 2.45) is 5.73 Å². The van der Waals surface area contributed by atoms with Crippen molar-refractivity contribution in [1.29, 1.82) is 0 Å². The van der Waals surface area contributed by atoms with Crippen molar-refractivity contribution in [3.63, 3.8) is 0 Å². The van der Waals surface area contributed by atoms with Crippen LogP contribution in [0.3, 0.4) is 0 Å². The van der Waals surface area contributed by atoms with E-state index < -0.39 is 6.04 Å². The molecule has 21 heavy (non-hydrogen) atoms. The Morgan fingerprint density at radius 3 is 2.67 bits per heavy atom. The standard InChI is InChI=1S/C16H20N2O2S/c1-20-10-9-18(12-14-8-5-11-21-14)16(19)15(17)13-6-3-2-4-7-13/h2-8,11,15H,9-10,12,17H2,1H3/t15-/m1/s1. The van der Waals surface area contributed by atoms with Gasteiger partial charge in [-0.05, 0) is 17.0 Å². The predicted molar refractivity (Wildman–Crippen MR) is 85.0 cm³/mol. The second kappa shape index (κ2) is 7.93. The monoisotopic (exact) mass is 304 g/mol. The van der Waals surface area contributed by atoms with Crippen LogP contribution in [0, 0.1) is 0 Å². The van der Waals surface area contributed by atoms with Crippen LogP contribution >= 0.6 is 11.3 Å². The van der Waals surface area contributed by atoms with Crippen molar-refractivity contribution in [3.8, 4) is 0 Å². The zero-order valence-corrected chi connectivity index (χ0v) is 12.9. The molecule has 1 aromatic carbocycles. The summed E-state index contributed by atoms with van der Waals surface area (Å²) in [5, 5.41) is 2.01. The molecule has 0 fully saturated rings. The molecule has 0 saturated carbocycles. The first-order chi connectivity index (χ1) is 10.2. The summed E-state index contributed by atoms with van der Waals surface area (Å²) in [5.74, 6) is -0.0772. The highest BCUT2D eigenvalue weighted by Gasteiger charge is 2.22. The first kappa shape index (κ1) is 15.7. The molecule has 0 aliphatic rings. The van der Waals surface area contributed by atoms with Crippen LogP contribution in [0.15, 0.2) is 47.8 Å². The van der Waals surface area contributed by atoms with Gasteiger partial charge in [0.2, 0.25) is 5.91 Å². The van der Waals surface area contributed by atoms with Crippen LogP contribution in [0.5, 0.6) is 0 Å². The summed E-state index contributed by atoms with van der Waals surface area (Å²) in [6.45, 7) is 1.60. The molecule has 2 aromatic rings. The molecule has 2 rings (SSSR count). The van der Waals surface area contributed by atoms with E-state index in [1.165, 1.54) is 0 Å². The molecule has 0 radical (unpaired) electrons. The number of hydrogen-bond acceptors (Lipinski definition) is 4. The van der Waals surface area contributed by atoms with Crippen LogP contribution in [-0.4, -0.2) is 31.1 Å². The minimum absolute atomic E-state index is 0.0772. The third kappa shape index (κ3) is 4.39. The molecule has 2 N–H and O–H groups in total. The first-order valence-electron chi connectivity index (χ1n) is 6.83. The van der Waals surface area contributed by atoms with Gasteiger partial charge in [-0.15, -0.1) is 11.3 Å². The van der Waals surface area contributed by atoms with E-state index in [1.54, 1.807) is 23.3 Å². The molecular formula is C16H20N2O2S. The maximum atomic E-state index is 12.6. The summed E-state index contributed by atoms with van der Waals surface area (Å²) in [4.78, 5) is 15.5. The molecule has 1 amide bonds. The minimum atomic E-state index is -0.636. The fraction of sp³-hybridized carbons (Fsp3) is 0.312. The molecular weight excluding hydrogens is 284 g/mol. The Labute approximate surface area is 129 Å². The Morgan fingerprint density at radius 2 is 2.05 bits per heavy atom. The van der Waals surface area contributed by atoms with Crippen LogP contribution in [-0.2, 0) is 16.1 Å². The Kier molecular flexibility index (Phi) is 5.92. The predicted octanol–water partition coefficient (Wildman–Crippen LogP) is 2.42. The lowest BCUT2D eigenvalue weighted by atomic mass is 10.1. The third-order valence-electron chi connectivity index (χ3n) is 3.23. The van der Waals surface area contributed by atoms with Gasteiger partial charge < -0.3 is 15.4 Å². The molecule has 0 aliphatic carbocycles. The highest BCUT2D eigenvalue weighted by molar-refractivity contribution is 7.09. The maximum absolute atomic E-state index is 12.6. The lowest BCUT2D eigenvalue weighted by Crippen LogP contribution is -2.39. The third-order valence-corrected chi connectivity index (χ3v) is 4.09. The number of carbonyl (C=O) groups is 1. The summed E-state index contributed by atoms with van der Waals surface area (Å²) >= 11 is 1.63. The largest absolute Gasteiger partial charge is 0.383 e. The summed E-state index contributed by atoms with van der Waals surface area (Å²) in [5.41, 5.74) is 6.94. The average molecular weight is 304 g/mol. The number of benzene rings is 1. The van der Waals surface area contributed by atoms with E-state index in [0.717, 1.165) is 10.4 Å². The summed E-state index contributed by atoms with van der Waals surface area (Å²) in [6.07, 6.45) is 0. The van der Waals surface area contributed by atoms with Crippen molar-refractivity contribution in [1.82, 2.24) is 4.90 Å². The number of methoxy groups -OCH3 is 1. The first-order valence-corrected chi connectivity index (χ1v) is 7.71. The Balaban J connectivity index is 2.09. The fourth-order valence-corrected chi connectivity index (χ4v) is 2.78. The SMILES string of the molecule is COCCN(Cc1cccs1)C(=O)[C@H](N)c1ccccc1. The van der Waals surface area contributed by atoms with E-state index in [-0.39, 0.29) is 5.91 Å². The topological polar surface area (TPSA) is 55.6 Å². The van der Waals surface area contributed by atoms with E-state index in [0.29, 0.717) is 19.7 Å². The van der Waals surface area contributed by atoms with Gasteiger partial charge in [0.15, 0.2) is 0 Å². The number of carbonyl (C=O) groups excluding carboxylic acids is 1. The van der Waals surface area contributed by atoms with Crippen molar-refractivity contribution in [3.05, 3.63) is 58.3 Å². The van der Waals surface area contributed by atoms with Gasteiger partial charge in [0, 0.05) is 18.5 Å². The van der Waals surface area contributed by atoms with Gasteiger partial charge in [-0.25, -0.2) is 0 Å². The average Bonchev–Trinajstić information content (AvgIpc) is 3.04. The van der Waals surface area contributed by atoms with Crippen molar-refractivity contribution < 1.29 is 9.53 Å². The van der Waals surface area contributed by atoms with Crippen LogP contribution in [0.1, 0.15) is 16.5 Å². The molecule has 4 nitrogen and oxygen atoms in total. The van der Waals surface area contributed by atoms with Crippen LogP contribution < -0.4 is 5.73 Å². The van der Waals surface area contributed by atoms with Crippen LogP contribution in [0.2, 0.25) is 0 Å². The number of nitrogens with two attached hydrogens (primary N) is 1. The van der Waals surface area contributed by atoms with E-state index in [9.17, 15) is 4.79 Å². The van der Waals surface area contributed by atoms with Gasteiger partial charge in [-0.1, -0.05) is 36.4 Å². The van der Waals surface area contributed by atoms with Gasteiger partial charge in [-0.3, -0.25) is 4.79 Å². The zero-order valence-electron chi connectivity index (χ0n) is 12.1. The van der Waals surface area contributed by atoms with Gasteiger partial charge in [0.25, 0.3) is 0 Å². The van der Waals surface area contributed by atoms with Crippen LogP contribution in [0.25, 0.3) is 0 Å². The maximum Gasteiger partial charge on any atom is 0.244 e. The van der Waals surface area contributed by atoms with Crippen LogP contribution in [0.4, 0.5) is 0 Å². The molecule has 1 aromatic heterocycles. The molecule has 5 heteroatoms. The number of amides is 1. The Bertz CT molecular complexity index is 543. The normalized spacial score (nSPS) is 12.1. The second-order valence-electron chi connectivity index (χ2n) is 4.72. The number of rotatable bonds is 7. The lowest BCUT2D eigenvalue weighted by molar-refractivity contribution is -0.134. The second-order valence-corrected chi connectivity index (χ2v) is 5.75. The fourth-order valence-electron chi connectivity index (χ4n) is 2.06. The highest BCUT2D eigenvalue weighted by Crippen LogP contribution is 2.17. The smallest absolute Gasteiger partial charge is 0.244 e. The molecule has 0 spiro atoms. The minimum Gasteiger partial charge on any atom is -0.383 e. The van der Waals surface area contributed by atoms with Gasteiger partial charge in [0.05, 0.1) is 13.2 Å². The summed E-state index contributed by atoms with van der Waals surface area (Å²) in [7, 11) is 1.63. The molecule has 1 atom stereocenters. The molecule has 0 bridgehead atoms. The highest BCUT2D eigenvalue weighted by atomic mass is 32.1. The van der Waals surface area contributed by atoms with E-state index in [2.05, 4.69) is 0 Å². The van der Waals surface area contributed by atoms with E-state index in [4.69, 9.17) is 10.5 Å². The van der Waals surface area contributed by atoms with Crippen molar-refractivity contribution in [2.75, 3.05) is 20.3 Å². The van der Waals surface area contributed by atoms with Crippen molar-refractivity contribution >= 4 is 17.2 Å².